The van der Waals surface area contributed by atoms with Crippen molar-refractivity contribution in [2.45, 2.75) is 19.4 Å². The van der Waals surface area contributed by atoms with Gasteiger partial charge in [-0.3, -0.25) is 4.57 Å². The summed E-state index contributed by atoms with van der Waals surface area (Å²) < 4.78 is 12.8. The number of hydrogen-bond acceptors (Lipinski definition) is 5. The van der Waals surface area contributed by atoms with E-state index in [1.165, 1.54) is 0 Å². The van der Waals surface area contributed by atoms with E-state index in [0.717, 1.165) is 18.7 Å². The molecule has 106 valence electrons. The third kappa shape index (κ3) is 2.72. The summed E-state index contributed by atoms with van der Waals surface area (Å²) in [5, 5.41) is 0. The summed E-state index contributed by atoms with van der Waals surface area (Å²) in [5.74, 6) is 1.15. The average molecular weight is 295 g/mol. The van der Waals surface area contributed by atoms with Crippen LogP contribution in [0.2, 0.25) is 0 Å². The molecule has 20 heavy (non-hydrogen) atoms. The van der Waals surface area contributed by atoms with Gasteiger partial charge in [0, 0.05) is 17.8 Å². The van der Waals surface area contributed by atoms with Gasteiger partial charge in [0.1, 0.15) is 5.52 Å². The summed E-state index contributed by atoms with van der Waals surface area (Å²) in [7, 11) is -4.12. The molecule has 0 unspecified atom stereocenters. The number of hydrogen-bond donors (Lipinski definition) is 3. The van der Waals surface area contributed by atoms with Gasteiger partial charge >= 0.3 is 7.60 Å². The zero-order valence-corrected chi connectivity index (χ0v) is 11.4. The SMILES string of the molecule is Nc1ncc2ncn(CC3(/C=C/P(=O)(O)O)CC3)c2n1. The highest BCUT2D eigenvalue weighted by Crippen LogP contribution is 2.51. The molecule has 0 aromatic carbocycles. The molecule has 2 heterocycles. The summed E-state index contributed by atoms with van der Waals surface area (Å²) in [4.78, 5) is 30.0. The molecule has 3 rings (SSSR count). The van der Waals surface area contributed by atoms with E-state index in [1.54, 1.807) is 18.6 Å². The van der Waals surface area contributed by atoms with Gasteiger partial charge in [0.25, 0.3) is 0 Å². The van der Waals surface area contributed by atoms with Crippen LogP contribution in [-0.4, -0.2) is 29.3 Å². The molecular formula is C11H14N5O3P. The van der Waals surface area contributed by atoms with Crippen LogP contribution in [0.1, 0.15) is 12.8 Å². The fourth-order valence-electron chi connectivity index (χ4n) is 2.12. The van der Waals surface area contributed by atoms with Crippen LogP contribution in [0.15, 0.2) is 24.4 Å². The first-order valence-corrected chi connectivity index (χ1v) is 7.74. The normalized spacial score (nSPS) is 17.9. The summed E-state index contributed by atoms with van der Waals surface area (Å²) in [6, 6.07) is 0. The Balaban J connectivity index is 1.88. The lowest BCUT2D eigenvalue weighted by atomic mass is 10.1. The maximum atomic E-state index is 10.9. The van der Waals surface area contributed by atoms with E-state index in [-0.39, 0.29) is 11.4 Å². The Bertz CT molecular complexity index is 731. The molecule has 2 aromatic heterocycles. The maximum Gasteiger partial charge on any atom is 0.348 e. The van der Waals surface area contributed by atoms with Crippen molar-refractivity contribution >= 4 is 24.7 Å². The summed E-state index contributed by atoms with van der Waals surface area (Å²) >= 11 is 0. The van der Waals surface area contributed by atoms with Crippen LogP contribution in [0.3, 0.4) is 0 Å². The number of nitrogens with zero attached hydrogens (tertiary/aromatic N) is 4. The highest BCUT2D eigenvalue weighted by atomic mass is 31.2. The monoisotopic (exact) mass is 295 g/mol. The van der Waals surface area contributed by atoms with E-state index < -0.39 is 7.60 Å². The van der Waals surface area contributed by atoms with Gasteiger partial charge in [-0.1, -0.05) is 6.08 Å². The molecule has 0 saturated heterocycles. The molecule has 0 bridgehead atoms. The predicted molar refractivity (Wildman–Crippen MR) is 72.6 cm³/mol. The number of aromatic nitrogens is 4. The van der Waals surface area contributed by atoms with Crippen molar-refractivity contribution in [2.75, 3.05) is 5.73 Å². The minimum absolute atomic E-state index is 0.176. The lowest BCUT2D eigenvalue weighted by Gasteiger charge is -2.11. The van der Waals surface area contributed by atoms with Crippen molar-refractivity contribution in [2.24, 2.45) is 5.41 Å². The van der Waals surface area contributed by atoms with Crippen molar-refractivity contribution < 1.29 is 14.4 Å². The second kappa shape index (κ2) is 4.37. The van der Waals surface area contributed by atoms with Crippen molar-refractivity contribution in [3.8, 4) is 0 Å². The Morgan fingerprint density at radius 2 is 2.20 bits per heavy atom. The lowest BCUT2D eigenvalue weighted by Crippen LogP contribution is -2.09. The Hall–Kier alpha value is -1.76. The largest absolute Gasteiger partial charge is 0.368 e. The molecule has 0 amide bonds. The van der Waals surface area contributed by atoms with Crippen LogP contribution in [0.4, 0.5) is 5.95 Å². The molecule has 9 heteroatoms. The quantitative estimate of drug-likeness (QED) is 0.714. The third-order valence-electron chi connectivity index (χ3n) is 3.38. The van der Waals surface area contributed by atoms with Crippen molar-refractivity contribution in [3.05, 3.63) is 24.4 Å². The second-order valence-electron chi connectivity index (χ2n) is 5.08. The molecule has 8 nitrogen and oxygen atoms in total. The first-order valence-electron chi connectivity index (χ1n) is 6.06. The van der Waals surface area contributed by atoms with Gasteiger partial charge in [0.05, 0.1) is 12.5 Å². The van der Waals surface area contributed by atoms with Gasteiger partial charge in [-0.25, -0.2) is 9.97 Å². The summed E-state index contributed by atoms with van der Waals surface area (Å²) in [6.07, 6.45) is 6.56. The zero-order valence-electron chi connectivity index (χ0n) is 10.5. The van der Waals surface area contributed by atoms with E-state index in [2.05, 4.69) is 15.0 Å². The Kier molecular flexibility index (Phi) is 2.89. The van der Waals surface area contributed by atoms with Crippen LogP contribution < -0.4 is 5.73 Å². The number of anilines is 1. The van der Waals surface area contributed by atoms with Gasteiger partial charge in [-0.05, 0) is 12.8 Å². The number of rotatable bonds is 4. The number of nitrogen functional groups attached to an aromatic ring is 1. The van der Waals surface area contributed by atoms with Crippen LogP contribution >= 0.6 is 7.60 Å². The average Bonchev–Trinajstić information content (AvgIpc) is 3.03. The van der Waals surface area contributed by atoms with Gasteiger partial charge in [-0.2, -0.15) is 4.98 Å². The molecular weight excluding hydrogens is 281 g/mol. The summed E-state index contributed by atoms with van der Waals surface area (Å²) in [5.41, 5.74) is 6.62. The maximum absolute atomic E-state index is 10.9. The first kappa shape index (κ1) is 13.2. The molecule has 0 atom stereocenters. The van der Waals surface area contributed by atoms with Crippen molar-refractivity contribution in [1.29, 1.82) is 0 Å². The third-order valence-corrected chi connectivity index (χ3v) is 3.91. The molecule has 0 aliphatic heterocycles. The topological polar surface area (TPSA) is 127 Å². The number of imidazole rings is 1. The minimum atomic E-state index is -4.12. The minimum Gasteiger partial charge on any atom is -0.368 e. The lowest BCUT2D eigenvalue weighted by molar-refractivity contribution is 0.385. The highest BCUT2D eigenvalue weighted by Gasteiger charge is 2.41. The number of fused-ring (bicyclic) bond motifs is 1. The zero-order chi connectivity index (χ0) is 14.4. The van der Waals surface area contributed by atoms with E-state index in [1.807, 2.05) is 4.57 Å². The Labute approximate surface area is 114 Å². The Morgan fingerprint density at radius 3 is 2.85 bits per heavy atom. The van der Waals surface area contributed by atoms with Gasteiger partial charge in [0.2, 0.25) is 5.95 Å². The summed E-state index contributed by atoms with van der Waals surface area (Å²) in [6.45, 7) is 0.566. The van der Waals surface area contributed by atoms with Crippen LogP contribution in [-0.2, 0) is 11.1 Å². The van der Waals surface area contributed by atoms with E-state index in [4.69, 9.17) is 15.5 Å². The van der Waals surface area contributed by atoms with Gasteiger partial charge in [-0.15, -0.1) is 0 Å². The van der Waals surface area contributed by atoms with E-state index in [9.17, 15) is 4.57 Å². The van der Waals surface area contributed by atoms with Crippen LogP contribution in [0.25, 0.3) is 11.2 Å². The molecule has 0 spiro atoms. The molecule has 1 fully saturated rings. The second-order valence-corrected chi connectivity index (χ2v) is 6.55. The van der Waals surface area contributed by atoms with E-state index >= 15 is 0 Å². The highest BCUT2D eigenvalue weighted by molar-refractivity contribution is 7.55. The van der Waals surface area contributed by atoms with Gasteiger partial charge < -0.3 is 20.1 Å². The molecule has 0 radical (unpaired) electrons. The number of allylic oxidation sites excluding steroid dienone is 1. The fraction of sp³-hybridized carbons (Fsp3) is 0.364. The number of nitrogens with two attached hydrogens (primary N) is 1. The van der Waals surface area contributed by atoms with Crippen molar-refractivity contribution in [3.63, 3.8) is 0 Å². The van der Waals surface area contributed by atoms with Crippen molar-refractivity contribution in [1.82, 2.24) is 19.5 Å². The molecule has 4 N–H and O–H groups in total. The fourth-order valence-corrected chi connectivity index (χ4v) is 2.63. The van der Waals surface area contributed by atoms with E-state index in [0.29, 0.717) is 17.7 Å². The molecule has 2 aromatic rings. The van der Waals surface area contributed by atoms with Gasteiger partial charge in [0.15, 0.2) is 5.65 Å². The molecule has 1 aliphatic rings. The smallest absolute Gasteiger partial charge is 0.348 e. The molecule has 1 saturated carbocycles. The standard InChI is InChI=1S/C11H14N5O3P/c12-10-13-5-8-9(15-10)16(7-14-8)6-11(1-2-11)3-4-20(17,18)19/h3-5,7H,1-2,6H2,(H2,12,13,15)(H2,17,18,19)/b4-3+. The first-order chi connectivity index (χ1) is 9.37. The predicted octanol–water partition coefficient (Wildman–Crippen LogP) is 0.880. The Morgan fingerprint density at radius 1 is 1.45 bits per heavy atom. The van der Waals surface area contributed by atoms with Crippen LogP contribution in [0.5, 0.6) is 0 Å². The molecule has 1 aliphatic carbocycles. The van der Waals surface area contributed by atoms with Crippen LogP contribution in [0, 0.1) is 5.41 Å².